The summed E-state index contributed by atoms with van der Waals surface area (Å²) in [7, 11) is 0. The molecular formula is C14H19N3. The fraction of sp³-hybridized carbons (Fsp3) is 0.357. The lowest BCUT2D eigenvalue weighted by atomic mass is 10.0. The normalized spacial score (nSPS) is 12.5. The first-order valence-corrected chi connectivity index (χ1v) is 6.16. The Bertz CT molecular complexity index is 408. The zero-order chi connectivity index (χ0) is 11.9. The third-order valence-corrected chi connectivity index (χ3v) is 2.86. The molecule has 1 aromatic heterocycles. The maximum absolute atomic E-state index is 4.33. The molecule has 1 heterocycles. The van der Waals surface area contributed by atoms with Crippen molar-refractivity contribution >= 4 is 0 Å². The number of H-pyrrole nitrogens is 1. The summed E-state index contributed by atoms with van der Waals surface area (Å²) in [6.07, 6.45) is 5.81. The average molecular weight is 229 g/mol. The molecule has 1 atom stereocenters. The first-order valence-electron chi connectivity index (χ1n) is 6.16. The van der Waals surface area contributed by atoms with Gasteiger partial charge in [0.1, 0.15) is 5.82 Å². The van der Waals surface area contributed by atoms with E-state index in [0.717, 1.165) is 25.2 Å². The number of nitrogens with one attached hydrogen (secondary N) is 2. The molecule has 2 N–H and O–H groups in total. The molecule has 3 heteroatoms. The van der Waals surface area contributed by atoms with Gasteiger partial charge in [0.05, 0.1) is 6.04 Å². The van der Waals surface area contributed by atoms with Crippen molar-refractivity contribution < 1.29 is 0 Å². The number of aromatic amines is 1. The second kappa shape index (κ2) is 6.21. The molecule has 1 aromatic carbocycles. The minimum atomic E-state index is 0.315. The summed E-state index contributed by atoms with van der Waals surface area (Å²) in [5, 5.41) is 3.46. The van der Waals surface area contributed by atoms with Crippen molar-refractivity contribution in [2.45, 2.75) is 25.8 Å². The molecule has 0 saturated carbocycles. The number of aromatic nitrogens is 2. The van der Waals surface area contributed by atoms with Gasteiger partial charge in [0.2, 0.25) is 0 Å². The Hall–Kier alpha value is -1.61. The molecule has 17 heavy (non-hydrogen) atoms. The van der Waals surface area contributed by atoms with Crippen molar-refractivity contribution in [3.63, 3.8) is 0 Å². The van der Waals surface area contributed by atoms with Crippen LogP contribution in [0.25, 0.3) is 0 Å². The smallest absolute Gasteiger partial charge is 0.123 e. The summed E-state index contributed by atoms with van der Waals surface area (Å²) in [6.45, 7) is 3.08. The highest BCUT2D eigenvalue weighted by Gasteiger charge is 2.12. The first kappa shape index (κ1) is 11.9. The quantitative estimate of drug-likeness (QED) is 0.799. The molecule has 3 nitrogen and oxygen atoms in total. The third-order valence-electron chi connectivity index (χ3n) is 2.86. The highest BCUT2D eigenvalue weighted by molar-refractivity contribution is 5.15. The van der Waals surface area contributed by atoms with Gasteiger partial charge in [-0.15, -0.1) is 0 Å². The highest BCUT2D eigenvalue weighted by Crippen LogP contribution is 2.15. The van der Waals surface area contributed by atoms with E-state index in [4.69, 9.17) is 0 Å². The van der Waals surface area contributed by atoms with Gasteiger partial charge in [0, 0.05) is 12.4 Å². The molecule has 90 valence electrons. The molecule has 0 aliphatic carbocycles. The lowest BCUT2D eigenvalue weighted by Crippen LogP contribution is -2.22. The number of rotatable bonds is 6. The summed E-state index contributed by atoms with van der Waals surface area (Å²) in [4.78, 5) is 7.51. The average Bonchev–Trinajstić information content (AvgIpc) is 2.89. The second-order valence-corrected chi connectivity index (χ2v) is 4.11. The van der Waals surface area contributed by atoms with Crippen LogP contribution in [0.4, 0.5) is 0 Å². The number of benzene rings is 1. The van der Waals surface area contributed by atoms with Crippen molar-refractivity contribution in [1.29, 1.82) is 0 Å². The highest BCUT2D eigenvalue weighted by atomic mass is 15.0. The Morgan fingerprint density at radius 3 is 2.76 bits per heavy atom. The SMILES string of the molecule is CCNC(CCc1ccccc1)c1ncc[nH]1. The summed E-state index contributed by atoms with van der Waals surface area (Å²) >= 11 is 0. The van der Waals surface area contributed by atoms with Crippen LogP contribution < -0.4 is 5.32 Å². The number of hydrogen-bond acceptors (Lipinski definition) is 2. The van der Waals surface area contributed by atoms with E-state index >= 15 is 0 Å². The van der Waals surface area contributed by atoms with E-state index in [1.54, 1.807) is 0 Å². The number of aryl methyl sites for hydroxylation is 1. The molecule has 0 aliphatic rings. The minimum absolute atomic E-state index is 0.315. The van der Waals surface area contributed by atoms with Crippen LogP contribution in [-0.4, -0.2) is 16.5 Å². The van der Waals surface area contributed by atoms with E-state index in [2.05, 4.69) is 52.5 Å². The van der Waals surface area contributed by atoms with Gasteiger partial charge < -0.3 is 10.3 Å². The second-order valence-electron chi connectivity index (χ2n) is 4.11. The Labute approximate surface area is 102 Å². The number of imidazole rings is 1. The first-order chi connectivity index (χ1) is 8.40. The molecule has 0 fully saturated rings. The molecule has 0 aliphatic heterocycles. The van der Waals surface area contributed by atoms with Crippen LogP contribution in [0.2, 0.25) is 0 Å². The minimum Gasteiger partial charge on any atom is -0.347 e. The van der Waals surface area contributed by atoms with Gasteiger partial charge in [0.15, 0.2) is 0 Å². The van der Waals surface area contributed by atoms with Gasteiger partial charge >= 0.3 is 0 Å². The molecule has 0 bridgehead atoms. The number of hydrogen-bond donors (Lipinski definition) is 2. The van der Waals surface area contributed by atoms with Gasteiger partial charge in [-0.2, -0.15) is 0 Å². The molecular weight excluding hydrogens is 210 g/mol. The fourth-order valence-electron chi connectivity index (χ4n) is 2.01. The Kier molecular flexibility index (Phi) is 4.33. The van der Waals surface area contributed by atoms with E-state index in [-0.39, 0.29) is 0 Å². The fourth-order valence-corrected chi connectivity index (χ4v) is 2.01. The zero-order valence-electron chi connectivity index (χ0n) is 10.2. The summed E-state index contributed by atoms with van der Waals surface area (Å²) < 4.78 is 0. The summed E-state index contributed by atoms with van der Waals surface area (Å²) in [6, 6.07) is 10.9. The lowest BCUT2D eigenvalue weighted by molar-refractivity contribution is 0.494. The Morgan fingerprint density at radius 2 is 2.12 bits per heavy atom. The predicted molar refractivity (Wildman–Crippen MR) is 69.8 cm³/mol. The monoisotopic (exact) mass is 229 g/mol. The van der Waals surface area contributed by atoms with Crippen LogP contribution in [-0.2, 0) is 6.42 Å². The molecule has 0 spiro atoms. The number of nitrogens with zero attached hydrogens (tertiary/aromatic N) is 1. The molecule has 0 radical (unpaired) electrons. The maximum atomic E-state index is 4.33. The zero-order valence-corrected chi connectivity index (χ0v) is 10.2. The van der Waals surface area contributed by atoms with Crippen molar-refractivity contribution in [2.75, 3.05) is 6.54 Å². The molecule has 2 rings (SSSR count). The molecule has 0 amide bonds. The van der Waals surface area contributed by atoms with Crippen molar-refractivity contribution in [3.8, 4) is 0 Å². The van der Waals surface area contributed by atoms with Crippen molar-refractivity contribution in [2.24, 2.45) is 0 Å². The lowest BCUT2D eigenvalue weighted by Gasteiger charge is -2.15. The molecule has 2 aromatic rings. The standard InChI is InChI=1S/C14H19N3/c1-2-15-13(14-16-10-11-17-14)9-8-12-6-4-3-5-7-12/h3-7,10-11,13,15H,2,8-9H2,1H3,(H,16,17). The van der Waals surface area contributed by atoms with Crippen molar-refractivity contribution in [1.82, 2.24) is 15.3 Å². The Balaban J connectivity index is 1.95. The predicted octanol–water partition coefficient (Wildman–Crippen LogP) is 2.69. The summed E-state index contributed by atoms with van der Waals surface area (Å²) in [5.74, 6) is 1.03. The largest absolute Gasteiger partial charge is 0.347 e. The van der Waals surface area contributed by atoms with Gasteiger partial charge in [0.25, 0.3) is 0 Å². The molecule has 0 saturated heterocycles. The van der Waals surface area contributed by atoms with Crippen LogP contribution in [0, 0.1) is 0 Å². The van der Waals surface area contributed by atoms with Crippen LogP contribution in [0.15, 0.2) is 42.7 Å². The van der Waals surface area contributed by atoms with Gasteiger partial charge in [-0.3, -0.25) is 0 Å². The van der Waals surface area contributed by atoms with Crippen molar-refractivity contribution in [3.05, 3.63) is 54.1 Å². The topological polar surface area (TPSA) is 40.7 Å². The van der Waals surface area contributed by atoms with E-state index < -0.39 is 0 Å². The third kappa shape index (κ3) is 3.43. The van der Waals surface area contributed by atoms with E-state index in [1.807, 2.05) is 12.4 Å². The van der Waals surface area contributed by atoms with Gasteiger partial charge in [-0.25, -0.2) is 4.98 Å². The van der Waals surface area contributed by atoms with Crippen LogP contribution in [0.3, 0.4) is 0 Å². The van der Waals surface area contributed by atoms with E-state index in [9.17, 15) is 0 Å². The van der Waals surface area contributed by atoms with E-state index in [0.29, 0.717) is 6.04 Å². The van der Waals surface area contributed by atoms with Gasteiger partial charge in [-0.05, 0) is 24.9 Å². The van der Waals surface area contributed by atoms with Crippen LogP contribution in [0.5, 0.6) is 0 Å². The van der Waals surface area contributed by atoms with E-state index in [1.165, 1.54) is 5.56 Å². The Morgan fingerprint density at radius 1 is 1.29 bits per heavy atom. The molecule has 1 unspecified atom stereocenters. The van der Waals surface area contributed by atoms with Crippen LogP contribution >= 0.6 is 0 Å². The summed E-state index contributed by atoms with van der Waals surface area (Å²) in [5.41, 5.74) is 1.38. The van der Waals surface area contributed by atoms with Gasteiger partial charge in [-0.1, -0.05) is 37.3 Å². The maximum Gasteiger partial charge on any atom is 0.123 e. The van der Waals surface area contributed by atoms with Crippen LogP contribution in [0.1, 0.15) is 30.8 Å².